The molecule has 0 amide bonds. The number of aliphatic hydroxyl groups is 6. The molecule has 11 nitrogen and oxygen atoms in total. The molecule has 0 bridgehead atoms. The Labute approximate surface area is 233 Å². The molecule has 0 aromatic rings. The second-order valence-electron chi connectivity index (χ2n) is 13.5. The number of carbonyl (C=O) groups excluding carboxylic acids is 2. The zero-order chi connectivity index (χ0) is 28.8. The van der Waals surface area contributed by atoms with Crippen molar-refractivity contribution in [3.8, 4) is 0 Å². The summed E-state index contributed by atoms with van der Waals surface area (Å²) < 4.78 is 16.8. The van der Waals surface area contributed by atoms with E-state index in [1.807, 2.05) is 6.92 Å². The van der Waals surface area contributed by atoms with Crippen molar-refractivity contribution >= 4 is 12.3 Å². The van der Waals surface area contributed by atoms with E-state index in [1.165, 1.54) is 6.08 Å². The van der Waals surface area contributed by atoms with Gasteiger partial charge in [0.2, 0.25) is 0 Å². The standard InChI is InChI=1S/C29H42O11/c1-14-22(33)23(34)24(35)25(39-14)40-16-3-6-27(13-30)19-10-20(31)26(2)17(15-9-21(32)38-12-15)5-8-29(26,37)18(19)4-7-28(27,36)11-16/h9,13-14,16-20,22-25,31,33-37H,3-8,10-12H2,1-2H3/t14-,16+,17-,18-,19+,20-,22+,23-,24-,25-,26+,27+,28+,29+/m1/s1. The van der Waals surface area contributed by atoms with E-state index in [2.05, 4.69) is 0 Å². The third kappa shape index (κ3) is 3.71. The van der Waals surface area contributed by atoms with Crippen LogP contribution < -0.4 is 0 Å². The van der Waals surface area contributed by atoms with Crippen LogP contribution in [0.5, 0.6) is 0 Å². The van der Waals surface area contributed by atoms with Crippen molar-refractivity contribution in [1.29, 1.82) is 0 Å². The summed E-state index contributed by atoms with van der Waals surface area (Å²) in [7, 11) is 0. The Morgan fingerprint density at radius 1 is 1.00 bits per heavy atom. The summed E-state index contributed by atoms with van der Waals surface area (Å²) in [5, 5.41) is 66.7. The van der Waals surface area contributed by atoms with Gasteiger partial charge in [-0.3, -0.25) is 0 Å². The third-order valence-electron chi connectivity index (χ3n) is 12.1. The van der Waals surface area contributed by atoms with Gasteiger partial charge in [-0.15, -0.1) is 0 Å². The SMILES string of the molecule is C[C@H]1O[C@H](O[C@H]2CC[C@]3(C=O)[C@H]4C[C@@H](O)[C@]5(C)[C@@H](C6=CC(=O)OC6)CC[C@]5(O)[C@@H]4CC[C@]3(O)C2)[C@H](O)[C@H](O)[C@H]1O. The maximum absolute atomic E-state index is 13.0. The molecule has 6 rings (SSSR count). The van der Waals surface area contributed by atoms with Gasteiger partial charge in [-0.2, -0.15) is 0 Å². The molecule has 0 unspecified atom stereocenters. The number of ether oxygens (including phenoxy) is 3. The van der Waals surface area contributed by atoms with Crippen molar-refractivity contribution in [1.82, 2.24) is 0 Å². The zero-order valence-electron chi connectivity index (χ0n) is 23.0. The van der Waals surface area contributed by atoms with Gasteiger partial charge in [0.05, 0.1) is 34.9 Å². The Hall–Kier alpha value is -1.44. The van der Waals surface area contributed by atoms with Crippen LogP contribution in [-0.2, 0) is 23.8 Å². The van der Waals surface area contributed by atoms with E-state index in [0.29, 0.717) is 25.7 Å². The highest BCUT2D eigenvalue weighted by Crippen LogP contribution is 2.70. The molecule has 0 spiro atoms. The molecule has 6 aliphatic rings. The molecule has 4 saturated carbocycles. The summed E-state index contributed by atoms with van der Waals surface area (Å²) in [5.74, 6) is -1.42. The number of hydrogen-bond donors (Lipinski definition) is 6. The number of aldehydes is 1. The lowest BCUT2D eigenvalue weighted by Gasteiger charge is -2.66. The van der Waals surface area contributed by atoms with Crippen LogP contribution >= 0.6 is 0 Å². The van der Waals surface area contributed by atoms with Gasteiger partial charge in [-0.05, 0) is 75.2 Å². The van der Waals surface area contributed by atoms with Crippen LogP contribution in [0.4, 0.5) is 0 Å². The molecule has 14 atom stereocenters. The zero-order valence-corrected chi connectivity index (χ0v) is 23.0. The number of cyclic esters (lactones) is 1. The fourth-order valence-corrected chi connectivity index (χ4v) is 9.74. The molecule has 11 heteroatoms. The van der Waals surface area contributed by atoms with E-state index in [1.54, 1.807) is 6.92 Å². The first-order valence-corrected chi connectivity index (χ1v) is 14.6. The molecular formula is C29H42O11. The van der Waals surface area contributed by atoms with E-state index in [9.17, 15) is 40.2 Å². The molecule has 2 heterocycles. The van der Waals surface area contributed by atoms with E-state index >= 15 is 0 Å². The van der Waals surface area contributed by atoms with Crippen LogP contribution in [0, 0.1) is 28.6 Å². The van der Waals surface area contributed by atoms with Crippen LogP contribution in [0.15, 0.2) is 11.6 Å². The van der Waals surface area contributed by atoms with E-state index in [4.69, 9.17) is 14.2 Å². The molecule has 0 aromatic heterocycles. The Morgan fingerprint density at radius 3 is 2.42 bits per heavy atom. The summed E-state index contributed by atoms with van der Waals surface area (Å²) >= 11 is 0. The fraction of sp³-hybridized carbons (Fsp3) is 0.862. The predicted octanol–water partition coefficient (Wildman–Crippen LogP) is -0.279. The molecule has 0 radical (unpaired) electrons. The molecule has 0 aromatic carbocycles. The molecular weight excluding hydrogens is 524 g/mol. The maximum atomic E-state index is 13.0. The Kier molecular flexibility index (Phi) is 6.83. The molecule has 6 N–H and O–H groups in total. The molecule has 224 valence electrons. The van der Waals surface area contributed by atoms with Crippen LogP contribution in [-0.4, -0.2) is 104 Å². The first kappa shape index (κ1) is 28.7. The van der Waals surface area contributed by atoms with Gasteiger partial charge in [-0.25, -0.2) is 4.79 Å². The minimum atomic E-state index is -1.47. The number of carbonyl (C=O) groups is 2. The number of aliphatic hydroxyl groups excluding tert-OH is 4. The number of fused-ring (bicyclic) bond motifs is 5. The molecule has 5 fully saturated rings. The summed E-state index contributed by atoms with van der Waals surface area (Å²) in [5.41, 5.74) is -4.09. The Morgan fingerprint density at radius 2 is 1.75 bits per heavy atom. The van der Waals surface area contributed by atoms with Crippen LogP contribution in [0.1, 0.15) is 65.2 Å². The highest BCUT2D eigenvalue weighted by molar-refractivity contribution is 5.85. The summed E-state index contributed by atoms with van der Waals surface area (Å²) in [6.07, 6.45) is -2.70. The second-order valence-corrected chi connectivity index (χ2v) is 13.5. The lowest BCUT2D eigenvalue weighted by Crippen LogP contribution is -2.71. The topological polar surface area (TPSA) is 183 Å². The number of rotatable bonds is 4. The first-order valence-electron chi connectivity index (χ1n) is 14.6. The van der Waals surface area contributed by atoms with Crippen LogP contribution in [0.2, 0.25) is 0 Å². The Bertz CT molecular complexity index is 1080. The Balaban J connectivity index is 1.25. The van der Waals surface area contributed by atoms with Gasteiger partial charge >= 0.3 is 5.97 Å². The average Bonchev–Trinajstić information content (AvgIpc) is 3.46. The van der Waals surface area contributed by atoms with Gasteiger partial charge in [0.25, 0.3) is 0 Å². The lowest BCUT2D eigenvalue weighted by molar-refractivity contribution is -0.319. The predicted molar refractivity (Wildman–Crippen MR) is 136 cm³/mol. The van der Waals surface area contributed by atoms with Crippen LogP contribution in [0.3, 0.4) is 0 Å². The summed E-state index contributed by atoms with van der Waals surface area (Å²) in [6, 6.07) is 0. The maximum Gasteiger partial charge on any atom is 0.331 e. The second kappa shape index (κ2) is 9.54. The normalized spacial score (nSPS) is 56.0. The summed E-state index contributed by atoms with van der Waals surface area (Å²) in [6.45, 7) is 3.61. The molecule has 1 saturated heterocycles. The van der Waals surface area contributed by atoms with Crippen molar-refractivity contribution in [2.75, 3.05) is 6.61 Å². The highest BCUT2D eigenvalue weighted by atomic mass is 16.7. The van der Waals surface area contributed by atoms with Crippen molar-refractivity contribution in [3.05, 3.63) is 11.6 Å². The highest BCUT2D eigenvalue weighted by Gasteiger charge is 2.74. The van der Waals surface area contributed by atoms with Crippen molar-refractivity contribution in [3.63, 3.8) is 0 Å². The third-order valence-corrected chi connectivity index (χ3v) is 12.1. The van der Waals surface area contributed by atoms with Gasteiger partial charge in [0.15, 0.2) is 6.29 Å². The van der Waals surface area contributed by atoms with E-state index < -0.39 is 76.8 Å². The monoisotopic (exact) mass is 566 g/mol. The smallest absolute Gasteiger partial charge is 0.331 e. The van der Waals surface area contributed by atoms with Gasteiger partial charge in [0, 0.05) is 17.9 Å². The quantitative estimate of drug-likeness (QED) is 0.149. The summed E-state index contributed by atoms with van der Waals surface area (Å²) in [4.78, 5) is 24.8. The molecule has 40 heavy (non-hydrogen) atoms. The lowest BCUT2D eigenvalue weighted by atomic mass is 9.41. The van der Waals surface area contributed by atoms with Crippen molar-refractivity contribution < 1.29 is 54.4 Å². The number of hydrogen-bond acceptors (Lipinski definition) is 11. The minimum Gasteiger partial charge on any atom is -0.458 e. The minimum absolute atomic E-state index is 0.0926. The van der Waals surface area contributed by atoms with E-state index in [0.717, 1.165) is 11.9 Å². The van der Waals surface area contributed by atoms with Crippen molar-refractivity contribution in [2.24, 2.45) is 28.6 Å². The van der Waals surface area contributed by atoms with Gasteiger partial charge in [-0.1, -0.05) is 6.92 Å². The fourth-order valence-electron chi connectivity index (χ4n) is 9.74. The van der Waals surface area contributed by atoms with Crippen LogP contribution in [0.25, 0.3) is 0 Å². The van der Waals surface area contributed by atoms with E-state index in [-0.39, 0.29) is 44.1 Å². The molecule has 2 aliphatic heterocycles. The van der Waals surface area contributed by atoms with Crippen molar-refractivity contribution in [2.45, 2.75) is 119 Å². The van der Waals surface area contributed by atoms with Gasteiger partial charge < -0.3 is 49.6 Å². The largest absolute Gasteiger partial charge is 0.458 e. The van der Waals surface area contributed by atoms with Gasteiger partial charge in [0.1, 0.15) is 31.2 Å². The first-order chi connectivity index (χ1) is 18.8. The molecule has 4 aliphatic carbocycles. The number of esters is 1. The average molecular weight is 567 g/mol.